The highest BCUT2D eigenvalue weighted by Crippen LogP contribution is 2.47. The van der Waals surface area contributed by atoms with Gasteiger partial charge in [0.1, 0.15) is 6.10 Å². The highest BCUT2D eigenvalue weighted by atomic mass is 31.2. The Balaban J connectivity index is 2.51. The van der Waals surface area contributed by atoms with Crippen LogP contribution in [0.25, 0.3) is 0 Å². The molecule has 0 amide bonds. The molecule has 0 aromatic rings. The first-order valence-electron chi connectivity index (χ1n) is 5.36. The summed E-state index contributed by atoms with van der Waals surface area (Å²) in [4.78, 5) is 0. The minimum absolute atomic E-state index is 0.109. The topological polar surface area (TPSA) is 104 Å². The summed E-state index contributed by atoms with van der Waals surface area (Å²) < 4.78 is 36.0. The number of aliphatic hydroxyl groups excluding tert-OH is 2. The molecule has 1 saturated heterocycles. The number of rotatable bonds is 6. The molecule has 4 atom stereocenters. The molecule has 1 aliphatic rings. The van der Waals surface area contributed by atoms with Gasteiger partial charge in [-0.15, -0.1) is 0 Å². The average molecular weight is 286 g/mol. The minimum Gasteiger partial charge on any atom is -0.390 e. The molecule has 0 aromatic carbocycles. The first-order chi connectivity index (χ1) is 8.45. The molecule has 0 aliphatic carbocycles. The number of phosphoric acid groups is 1. The van der Waals surface area contributed by atoms with E-state index in [9.17, 15) is 14.8 Å². The average Bonchev–Trinajstić information content (AvgIpc) is 2.39. The molecule has 2 N–H and O–H groups in total. The maximum atomic E-state index is 11.6. The van der Waals surface area contributed by atoms with Crippen LogP contribution in [0, 0.1) is 0 Å². The van der Waals surface area contributed by atoms with Crippen molar-refractivity contribution in [2.45, 2.75) is 31.0 Å². The van der Waals surface area contributed by atoms with E-state index in [4.69, 9.17) is 14.0 Å². The molecule has 1 aliphatic heterocycles. The summed E-state index contributed by atoms with van der Waals surface area (Å²) in [6.45, 7) is -0.109. The molecule has 0 spiro atoms. The number of methoxy groups -OCH3 is 1. The number of hydrogen-bond donors (Lipinski definition) is 2. The fourth-order valence-electron chi connectivity index (χ4n) is 1.57. The Labute approximate surface area is 105 Å². The Morgan fingerprint density at radius 3 is 2.39 bits per heavy atom. The highest BCUT2D eigenvalue weighted by molar-refractivity contribution is 7.48. The van der Waals surface area contributed by atoms with E-state index in [-0.39, 0.29) is 13.0 Å². The Bertz CT molecular complexity index is 290. The molecule has 0 radical (unpaired) electrons. The summed E-state index contributed by atoms with van der Waals surface area (Å²) in [5.41, 5.74) is 0. The minimum atomic E-state index is -3.58. The van der Waals surface area contributed by atoms with Gasteiger partial charge in [-0.1, -0.05) is 0 Å². The summed E-state index contributed by atoms with van der Waals surface area (Å²) in [5.74, 6) is 0. The number of phosphoric ester groups is 1. The first kappa shape index (κ1) is 16.0. The van der Waals surface area contributed by atoms with Crippen molar-refractivity contribution in [2.24, 2.45) is 0 Å². The standard InChI is InChI=1S/C9H19O8P/c1-13-9-8(11)7(10)4-6(17-9)5-16-18(12,14-2)15-3/h6-11H,4-5H2,1-3H3/t6-,7+,8+,9+/m0/s1. The molecule has 1 fully saturated rings. The van der Waals surface area contributed by atoms with E-state index < -0.39 is 32.4 Å². The molecule has 0 unspecified atom stereocenters. The van der Waals surface area contributed by atoms with Crippen molar-refractivity contribution < 1.29 is 37.8 Å². The van der Waals surface area contributed by atoms with E-state index in [0.717, 1.165) is 0 Å². The third-order valence-electron chi connectivity index (χ3n) is 2.60. The molecule has 1 heterocycles. The van der Waals surface area contributed by atoms with Gasteiger partial charge in [0.2, 0.25) is 0 Å². The maximum Gasteiger partial charge on any atom is 0.474 e. The quantitative estimate of drug-likeness (QED) is 0.652. The van der Waals surface area contributed by atoms with Gasteiger partial charge >= 0.3 is 7.82 Å². The van der Waals surface area contributed by atoms with Crippen LogP contribution >= 0.6 is 7.82 Å². The second kappa shape index (κ2) is 6.93. The molecular formula is C9H19O8P. The van der Waals surface area contributed by atoms with Crippen LogP contribution in [0.3, 0.4) is 0 Å². The highest BCUT2D eigenvalue weighted by Gasteiger charge is 2.38. The fourth-order valence-corrected chi connectivity index (χ4v) is 2.28. The van der Waals surface area contributed by atoms with Crippen molar-refractivity contribution in [3.05, 3.63) is 0 Å². The summed E-state index contributed by atoms with van der Waals surface area (Å²) in [6, 6.07) is 0. The van der Waals surface area contributed by atoms with Crippen LogP contribution in [0.1, 0.15) is 6.42 Å². The number of hydrogen-bond acceptors (Lipinski definition) is 8. The van der Waals surface area contributed by atoms with Gasteiger partial charge in [0.15, 0.2) is 6.29 Å². The van der Waals surface area contributed by atoms with Crippen LogP contribution in [0.15, 0.2) is 0 Å². The Hall–Kier alpha value is -0.0500. The number of aliphatic hydroxyl groups is 2. The van der Waals surface area contributed by atoms with Gasteiger partial charge in [-0.2, -0.15) is 0 Å². The van der Waals surface area contributed by atoms with Gasteiger partial charge in [-0.25, -0.2) is 4.57 Å². The smallest absolute Gasteiger partial charge is 0.390 e. The summed E-state index contributed by atoms with van der Waals surface area (Å²) in [6.07, 6.45) is -3.52. The van der Waals surface area contributed by atoms with Crippen molar-refractivity contribution in [3.8, 4) is 0 Å². The van der Waals surface area contributed by atoms with Gasteiger partial charge in [-0.3, -0.25) is 13.6 Å². The molecule has 8 nitrogen and oxygen atoms in total. The summed E-state index contributed by atoms with van der Waals surface area (Å²) in [5, 5.41) is 19.1. The Morgan fingerprint density at radius 1 is 1.28 bits per heavy atom. The van der Waals surface area contributed by atoms with Crippen LogP contribution in [0.4, 0.5) is 0 Å². The SMILES string of the molecule is CO[C@@H]1O[C@H](COP(=O)(OC)OC)C[C@@H](O)[C@H]1O. The zero-order valence-corrected chi connectivity index (χ0v) is 11.4. The Kier molecular flexibility index (Phi) is 6.16. The Morgan fingerprint density at radius 2 is 1.89 bits per heavy atom. The van der Waals surface area contributed by atoms with E-state index in [1.54, 1.807) is 0 Å². The van der Waals surface area contributed by atoms with Crippen LogP contribution < -0.4 is 0 Å². The second-order valence-corrected chi connectivity index (χ2v) is 5.65. The van der Waals surface area contributed by atoms with E-state index in [1.165, 1.54) is 21.3 Å². The van der Waals surface area contributed by atoms with E-state index in [1.807, 2.05) is 0 Å². The van der Waals surface area contributed by atoms with Crippen molar-refractivity contribution in [1.82, 2.24) is 0 Å². The zero-order valence-electron chi connectivity index (χ0n) is 10.5. The van der Waals surface area contributed by atoms with Crippen molar-refractivity contribution in [3.63, 3.8) is 0 Å². The maximum absolute atomic E-state index is 11.6. The molecular weight excluding hydrogens is 267 g/mol. The first-order valence-corrected chi connectivity index (χ1v) is 6.82. The molecule has 108 valence electrons. The predicted octanol–water partition coefficient (Wildman–Crippen LogP) is -0.113. The van der Waals surface area contributed by atoms with Gasteiger partial charge in [-0.05, 0) is 0 Å². The lowest BCUT2D eigenvalue weighted by Crippen LogP contribution is -2.50. The van der Waals surface area contributed by atoms with Gasteiger partial charge in [0.05, 0.1) is 18.8 Å². The third kappa shape index (κ3) is 3.97. The van der Waals surface area contributed by atoms with E-state index in [2.05, 4.69) is 9.05 Å². The van der Waals surface area contributed by atoms with Crippen molar-refractivity contribution >= 4 is 7.82 Å². The monoisotopic (exact) mass is 286 g/mol. The van der Waals surface area contributed by atoms with Gasteiger partial charge in [0.25, 0.3) is 0 Å². The van der Waals surface area contributed by atoms with Crippen molar-refractivity contribution in [2.75, 3.05) is 27.9 Å². The lowest BCUT2D eigenvalue weighted by atomic mass is 10.0. The molecule has 0 bridgehead atoms. The normalized spacial score (nSPS) is 33.6. The largest absolute Gasteiger partial charge is 0.474 e. The predicted molar refractivity (Wildman–Crippen MR) is 59.9 cm³/mol. The molecule has 9 heteroatoms. The van der Waals surface area contributed by atoms with E-state index in [0.29, 0.717) is 0 Å². The van der Waals surface area contributed by atoms with Crippen LogP contribution in [0.2, 0.25) is 0 Å². The number of ether oxygens (including phenoxy) is 2. The summed E-state index contributed by atoms with van der Waals surface area (Å²) in [7, 11) is 0.164. The fraction of sp³-hybridized carbons (Fsp3) is 1.00. The van der Waals surface area contributed by atoms with Crippen molar-refractivity contribution in [1.29, 1.82) is 0 Å². The van der Waals surface area contributed by atoms with E-state index >= 15 is 0 Å². The molecule has 1 rings (SSSR count). The van der Waals surface area contributed by atoms with Crippen LogP contribution in [0.5, 0.6) is 0 Å². The lowest BCUT2D eigenvalue weighted by Gasteiger charge is -2.36. The third-order valence-corrected chi connectivity index (χ3v) is 3.96. The van der Waals surface area contributed by atoms with Crippen LogP contribution in [-0.4, -0.2) is 62.8 Å². The van der Waals surface area contributed by atoms with Crippen LogP contribution in [-0.2, 0) is 27.6 Å². The lowest BCUT2D eigenvalue weighted by molar-refractivity contribution is -0.261. The molecule has 0 saturated carbocycles. The molecule has 0 aromatic heterocycles. The van der Waals surface area contributed by atoms with Gasteiger partial charge in [0, 0.05) is 27.8 Å². The summed E-state index contributed by atoms with van der Waals surface area (Å²) >= 11 is 0. The van der Waals surface area contributed by atoms with Gasteiger partial charge < -0.3 is 19.7 Å². The molecule has 18 heavy (non-hydrogen) atoms. The second-order valence-electron chi connectivity index (χ2n) is 3.76. The zero-order chi connectivity index (χ0) is 13.8.